The molecule has 0 radical (unpaired) electrons. The van der Waals surface area contributed by atoms with Crippen molar-refractivity contribution in [1.82, 2.24) is 9.88 Å². The average molecular weight is 410 g/mol. The number of pyridine rings is 1. The number of para-hydroxylation sites is 1. The first-order chi connectivity index (χ1) is 14.2. The molecule has 158 valence electrons. The number of hydrogen-bond acceptors (Lipinski definition) is 6. The van der Waals surface area contributed by atoms with E-state index < -0.39 is 17.7 Å². The summed E-state index contributed by atoms with van der Waals surface area (Å²) in [4.78, 5) is 25.3. The highest BCUT2D eigenvalue weighted by molar-refractivity contribution is 5.99. The van der Waals surface area contributed by atoms with Gasteiger partial charge in [0.1, 0.15) is 17.1 Å². The Morgan fingerprint density at radius 3 is 2.60 bits per heavy atom. The lowest BCUT2D eigenvalue weighted by atomic mass is 9.84. The molecule has 0 unspecified atom stereocenters. The molecule has 30 heavy (non-hydrogen) atoms. The van der Waals surface area contributed by atoms with E-state index in [4.69, 9.17) is 14.2 Å². The Bertz CT molecular complexity index is 1230. The van der Waals surface area contributed by atoms with E-state index in [9.17, 15) is 9.59 Å². The summed E-state index contributed by atoms with van der Waals surface area (Å²) in [5.41, 5.74) is 1.36. The minimum Gasteiger partial charge on any atom is -0.496 e. The van der Waals surface area contributed by atoms with Crippen LogP contribution in [0.5, 0.6) is 11.5 Å². The molecule has 0 aliphatic carbocycles. The number of aryl methyl sites for hydroxylation is 1. The highest BCUT2D eigenvalue weighted by atomic mass is 16.6. The zero-order valence-electron chi connectivity index (χ0n) is 18.0. The van der Waals surface area contributed by atoms with Crippen LogP contribution in [0.3, 0.4) is 0 Å². The van der Waals surface area contributed by atoms with Crippen molar-refractivity contribution < 1.29 is 19.0 Å². The summed E-state index contributed by atoms with van der Waals surface area (Å²) in [6, 6.07) is 8.84. The number of carbonyl (C=O) groups excluding carboxylic acids is 1. The molecule has 1 aliphatic rings. The summed E-state index contributed by atoms with van der Waals surface area (Å²) in [5.74, 6) is 0.654. The Morgan fingerprint density at radius 1 is 1.27 bits per heavy atom. The SMILES string of the molecule is CN[C@H]1c2c(cc(OC)c3c(=O)c4ccccc4n(C)c23)OC(C)(C)[C@@H]1OC(C)=O. The van der Waals surface area contributed by atoms with Crippen molar-refractivity contribution in [2.24, 2.45) is 7.05 Å². The van der Waals surface area contributed by atoms with Gasteiger partial charge in [-0.05, 0) is 33.0 Å². The number of rotatable bonds is 3. The van der Waals surface area contributed by atoms with Crippen LogP contribution in [0, 0.1) is 0 Å². The topological polar surface area (TPSA) is 78.8 Å². The van der Waals surface area contributed by atoms with E-state index in [2.05, 4.69) is 5.32 Å². The fourth-order valence-corrected chi connectivity index (χ4v) is 4.54. The number of fused-ring (bicyclic) bond motifs is 4. The van der Waals surface area contributed by atoms with Crippen LogP contribution < -0.4 is 20.2 Å². The van der Waals surface area contributed by atoms with Crippen LogP contribution in [0.2, 0.25) is 0 Å². The fourth-order valence-electron chi connectivity index (χ4n) is 4.54. The number of hydrogen-bond donors (Lipinski definition) is 1. The lowest BCUT2D eigenvalue weighted by Gasteiger charge is -2.44. The molecular weight excluding hydrogens is 384 g/mol. The molecule has 0 bridgehead atoms. The van der Waals surface area contributed by atoms with Crippen LogP contribution >= 0.6 is 0 Å². The van der Waals surface area contributed by atoms with E-state index in [0.29, 0.717) is 27.8 Å². The molecule has 2 atom stereocenters. The Kier molecular flexibility index (Phi) is 4.73. The number of nitrogens with one attached hydrogen (secondary N) is 1. The maximum atomic E-state index is 13.4. The van der Waals surface area contributed by atoms with Gasteiger partial charge in [0.15, 0.2) is 6.10 Å². The predicted molar refractivity (Wildman–Crippen MR) is 115 cm³/mol. The predicted octanol–water partition coefficient (Wildman–Crippen LogP) is 3.06. The normalized spacial score (nSPS) is 19.9. The van der Waals surface area contributed by atoms with E-state index in [1.165, 1.54) is 6.92 Å². The lowest BCUT2D eigenvalue weighted by molar-refractivity contribution is -0.162. The van der Waals surface area contributed by atoms with Gasteiger partial charge in [-0.3, -0.25) is 9.59 Å². The zero-order valence-corrected chi connectivity index (χ0v) is 18.0. The Labute approximate surface area is 174 Å². The molecule has 2 aromatic carbocycles. The monoisotopic (exact) mass is 410 g/mol. The molecule has 7 heteroatoms. The highest BCUT2D eigenvalue weighted by Crippen LogP contribution is 2.47. The minimum atomic E-state index is -0.791. The molecule has 0 saturated heterocycles. The van der Waals surface area contributed by atoms with Gasteiger partial charge in [0.25, 0.3) is 0 Å². The Balaban J connectivity index is 2.18. The lowest BCUT2D eigenvalue weighted by Crippen LogP contribution is -2.54. The molecule has 2 heterocycles. The number of methoxy groups -OCH3 is 1. The van der Waals surface area contributed by atoms with Crippen LogP contribution in [-0.2, 0) is 16.6 Å². The van der Waals surface area contributed by atoms with Gasteiger partial charge < -0.3 is 24.1 Å². The van der Waals surface area contributed by atoms with Crippen molar-refractivity contribution in [3.8, 4) is 11.5 Å². The van der Waals surface area contributed by atoms with Crippen molar-refractivity contribution in [3.63, 3.8) is 0 Å². The van der Waals surface area contributed by atoms with Gasteiger partial charge in [-0.15, -0.1) is 0 Å². The molecule has 0 fully saturated rings. The van der Waals surface area contributed by atoms with Crippen LogP contribution in [-0.4, -0.2) is 36.4 Å². The van der Waals surface area contributed by atoms with Crippen molar-refractivity contribution in [3.05, 3.63) is 46.1 Å². The van der Waals surface area contributed by atoms with Gasteiger partial charge in [-0.1, -0.05) is 12.1 Å². The summed E-state index contributed by atoms with van der Waals surface area (Å²) in [6.45, 7) is 5.14. The number of ether oxygens (including phenoxy) is 3. The van der Waals surface area contributed by atoms with E-state index in [0.717, 1.165) is 11.1 Å². The summed E-state index contributed by atoms with van der Waals surface area (Å²) in [7, 11) is 5.26. The zero-order chi connectivity index (χ0) is 21.8. The van der Waals surface area contributed by atoms with Gasteiger partial charge in [0.05, 0.1) is 29.6 Å². The van der Waals surface area contributed by atoms with Crippen LogP contribution in [0.1, 0.15) is 32.4 Å². The van der Waals surface area contributed by atoms with E-state index in [1.54, 1.807) is 13.2 Å². The summed E-state index contributed by atoms with van der Waals surface area (Å²) < 4.78 is 19.6. The molecule has 7 nitrogen and oxygen atoms in total. The van der Waals surface area contributed by atoms with Crippen molar-refractivity contribution in [2.75, 3.05) is 14.2 Å². The second-order valence-corrected chi connectivity index (χ2v) is 8.12. The number of nitrogens with zero attached hydrogens (tertiary/aromatic N) is 1. The van der Waals surface area contributed by atoms with Gasteiger partial charge in [-0.2, -0.15) is 0 Å². The summed E-state index contributed by atoms with van der Waals surface area (Å²) in [5, 5.41) is 4.37. The van der Waals surface area contributed by atoms with Crippen LogP contribution in [0.4, 0.5) is 0 Å². The molecule has 4 rings (SSSR count). The molecule has 0 saturated carbocycles. The first-order valence-corrected chi connectivity index (χ1v) is 9.87. The van der Waals surface area contributed by atoms with Gasteiger partial charge in [0, 0.05) is 31.0 Å². The third kappa shape index (κ3) is 2.84. The molecule has 3 aromatic rings. The standard InChI is InChI=1S/C23H26N2O5/c1-12(26)29-22-19(24-4)17-16(30-23(22,2)3)11-15(28-6)18-20(17)25(5)14-10-8-7-9-13(14)21(18)27/h7-11,19,22,24H,1-6H3/t19-,22+/m0/s1. The minimum absolute atomic E-state index is 0.109. The largest absolute Gasteiger partial charge is 0.496 e. The maximum absolute atomic E-state index is 13.4. The average Bonchev–Trinajstić information content (AvgIpc) is 2.70. The highest BCUT2D eigenvalue weighted by Gasteiger charge is 2.47. The second-order valence-electron chi connectivity index (χ2n) is 8.12. The van der Waals surface area contributed by atoms with E-state index in [1.807, 2.05) is 56.8 Å². The van der Waals surface area contributed by atoms with E-state index >= 15 is 0 Å². The fraction of sp³-hybridized carbons (Fsp3) is 0.391. The number of esters is 1. The first-order valence-electron chi connectivity index (χ1n) is 9.87. The molecule has 0 amide bonds. The third-order valence-corrected chi connectivity index (χ3v) is 5.83. The molecule has 1 aliphatic heterocycles. The summed E-state index contributed by atoms with van der Waals surface area (Å²) in [6.07, 6.45) is -0.592. The van der Waals surface area contributed by atoms with Crippen molar-refractivity contribution in [1.29, 1.82) is 0 Å². The van der Waals surface area contributed by atoms with Gasteiger partial charge >= 0.3 is 5.97 Å². The Hall–Kier alpha value is -3.06. The smallest absolute Gasteiger partial charge is 0.303 e. The van der Waals surface area contributed by atoms with Gasteiger partial charge in [-0.25, -0.2) is 0 Å². The number of carbonyl (C=O) groups is 1. The molecule has 0 spiro atoms. The summed E-state index contributed by atoms with van der Waals surface area (Å²) >= 11 is 0. The van der Waals surface area contributed by atoms with Crippen molar-refractivity contribution >= 4 is 27.8 Å². The Morgan fingerprint density at radius 2 is 1.97 bits per heavy atom. The number of benzene rings is 2. The molecule has 1 N–H and O–H groups in total. The maximum Gasteiger partial charge on any atom is 0.303 e. The van der Waals surface area contributed by atoms with Crippen molar-refractivity contribution in [2.45, 2.75) is 38.5 Å². The number of aromatic nitrogens is 1. The second kappa shape index (κ2) is 7.02. The quantitative estimate of drug-likeness (QED) is 0.528. The molecule has 1 aromatic heterocycles. The third-order valence-electron chi connectivity index (χ3n) is 5.83. The van der Waals surface area contributed by atoms with Gasteiger partial charge in [0.2, 0.25) is 5.43 Å². The molecular formula is C23H26N2O5. The van der Waals surface area contributed by atoms with Crippen LogP contribution in [0.15, 0.2) is 35.1 Å². The first kappa shape index (κ1) is 20.2. The van der Waals surface area contributed by atoms with E-state index in [-0.39, 0.29) is 11.5 Å². The number of likely N-dealkylation sites (N-methyl/N-ethyl adjacent to an activating group) is 1. The van der Waals surface area contributed by atoms with Crippen LogP contribution in [0.25, 0.3) is 21.8 Å².